The summed E-state index contributed by atoms with van der Waals surface area (Å²) in [5.74, 6) is 0.126. The van der Waals surface area contributed by atoms with Gasteiger partial charge in [0, 0.05) is 12.2 Å². The quantitative estimate of drug-likeness (QED) is 0.385. The molecule has 0 N–H and O–H groups in total. The highest BCUT2D eigenvalue weighted by Crippen LogP contribution is 1.97. The van der Waals surface area contributed by atoms with Crippen molar-refractivity contribution in [3.05, 3.63) is 0 Å². The van der Waals surface area contributed by atoms with Gasteiger partial charge in [-0.15, -0.1) is 0 Å². The molecule has 0 fully saturated rings. The first-order chi connectivity index (χ1) is 7.70. The molecule has 5 heteroatoms. The second kappa shape index (κ2) is 10.8. The Labute approximate surface area is 102 Å². The number of hydrogen-bond donors (Lipinski definition) is 1. The Morgan fingerprint density at radius 2 is 1.50 bits per heavy atom. The van der Waals surface area contributed by atoms with Gasteiger partial charge in [0.05, 0.1) is 19.6 Å². The molecule has 0 saturated heterocycles. The Morgan fingerprint density at radius 1 is 1.00 bits per heavy atom. The van der Waals surface area contributed by atoms with Crippen molar-refractivity contribution in [1.82, 2.24) is 0 Å². The van der Waals surface area contributed by atoms with Crippen LogP contribution in [0.25, 0.3) is 0 Å². The Morgan fingerprint density at radius 3 is 1.94 bits per heavy atom. The lowest BCUT2D eigenvalue weighted by Gasteiger charge is -2.05. The summed E-state index contributed by atoms with van der Waals surface area (Å²) in [6.45, 7) is 2.73. The topological polar surface area (TPSA) is 52.6 Å². The number of esters is 2. The van der Waals surface area contributed by atoms with Gasteiger partial charge in [-0.25, -0.2) is 0 Å². The Bertz CT molecular complexity index is 184. The van der Waals surface area contributed by atoms with E-state index in [9.17, 15) is 9.59 Å². The van der Waals surface area contributed by atoms with Crippen LogP contribution < -0.4 is 0 Å². The van der Waals surface area contributed by atoms with Gasteiger partial charge in [-0.1, -0.05) is 6.92 Å². The van der Waals surface area contributed by atoms with Crippen LogP contribution >= 0.6 is 12.6 Å². The van der Waals surface area contributed by atoms with E-state index in [-0.39, 0.29) is 11.9 Å². The summed E-state index contributed by atoms with van der Waals surface area (Å²) in [5, 5.41) is 0. The predicted octanol–water partition coefficient (Wildman–Crippen LogP) is 1.97. The van der Waals surface area contributed by atoms with E-state index >= 15 is 0 Å². The molecule has 0 heterocycles. The Hall–Kier alpha value is -0.710. The van der Waals surface area contributed by atoms with Crippen LogP contribution in [0.2, 0.25) is 0 Å². The fraction of sp³-hybridized carbons (Fsp3) is 0.818. The summed E-state index contributed by atoms with van der Waals surface area (Å²) < 4.78 is 9.85. The van der Waals surface area contributed by atoms with Crippen LogP contribution in [-0.4, -0.2) is 30.9 Å². The third-order valence-corrected chi connectivity index (χ3v) is 2.06. The van der Waals surface area contributed by atoms with E-state index in [2.05, 4.69) is 12.6 Å². The number of carbonyl (C=O) groups excluding carboxylic acids is 2. The lowest BCUT2D eigenvalue weighted by atomic mass is 10.3. The molecule has 0 atom stereocenters. The molecule has 16 heavy (non-hydrogen) atoms. The summed E-state index contributed by atoms with van der Waals surface area (Å²) >= 11 is 3.92. The summed E-state index contributed by atoms with van der Waals surface area (Å²) in [6.07, 6.45) is 3.06. The molecule has 0 rings (SSSR count). The first kappa shape index (κ1) is 15.3. The molecular weight excluding hydrogens is 228 g/mol. The number of hydrogen-bond acceptors (Lipinski definition) is 5. The standard InChI is InChI=1S/C11H20O4S/c1-2-5-10(12)14-7-3-4-8-15-11(13)6-9-16/h16H,2-9H2,1H3. The molecular formula is C11H20O4S. The minimum Gasteiger partial charge on any atom is -0.466 e. The minimum absolute atomic E-state index is 0.158. The van der Waals surface area contributed by atoms with Gasteiger partial charge in [0.1, 0.15) is 0 Å². The summed E-state index contributed by atoms with van der Waals surface area (Å²) in [6, 6.07) is 0. The maximum Gasteiger partial charge on any atom is 0.306 e. The molecule has 0 spiro atoms. The maximum atomic E-state index is 11.0. The van der Waals surface area contributed by atoms with Gasteiger partial charge < -0.3 is 9.47 Å². The van der Waals surface area contributed by atoms with E-state index in [4.69, 9.17) is 9.47 Å². The summed E-state index contributed by atoms with van der Waals surface area (Å²) in [7, 11) is 0. The van der Waals surface area contributed by atoms with Gasteiger partial charge in [0.25, 0.3) is 0 Å². The molecule has 0 bridgehead atoms. The Balaban J connectivity index is 3.21. The summed E-state index contributed by atoms with van der Waals surface area (Å²) in [4.78, 5) is 21.9. The first-order valence-corrected chi connectivity index (χ1v) is 6.26. The molecule has 0 saturated carbocycles. The van der Waals surface area contributed by atoms with Crippen molar-refractivity contribution in [3.8, 4) is 0 Å². The van der Waals surface area contributed by atoms with E-state index in [1.165, 1.54) is 0 Å². The van der Waals surface area contributed by atoms with E-state index in [1.807, 2.05) is 6.92 Å². The zero-order valence-electron chi connectivity index (χ0n) is 9.74. The highest BCUT2D eigenvalue weighted by atomic mass is 32.1. The molecule has 94 valence electrons. The molecule has 0 aliphatic carbocycles. The second-order valence-corrected chi connectivity index (χ2v) is 3.82. The van der Waals surface area contributed by atoms with Gasteiger partial charge in [0.15, 0.2) is 0 Å². The van der Waals surface area contributed by atoms with Crippen molar-refractivity contribution >= 4 is 24.6 Å². The fourth-order valence-corrected chi connectivity index (χ4v) is 1.20. The van der Waals surface area contributed by atoms with E-state index in [0.717, 1.165) is 19.3 Å². The summed E-state index contributed by atoms with van der Waals surface area (Å²) in [5.41, 5.74) is 0. The van der Waals surface area contributed by atoms with E-state index in [0.29, 0.717) is 31.8 Å². The van der Waals surface area contributed by atoms with E-state index < -0.39 is 0 Å². The molecule has 0 aromatic rings. The van der Waals surface area contributed by atoms with Gasteiger partial charge in [0.2, 0.25) is 0 Å². The zero-order valence-corrected chi connectivity index (χ0v) is 10.6. The highest BCUT2D eigenvalue weighted by molar-refractivity contribution is 7.80. The van der Waals surface area contributed by atoms with Crippen molar-refractivity contribution in [2.75, 3.05) is 19.0 Å². The molecule has 0 aliphatic rings. The van der Waals surface area contributed by atoms with Gasteiger partial charge in [-0.05, 0) is 19.3 Å². The number of carbonyl (C=O) groups is 2. The molecule has 0 amide bonds. The van der Waals surface area contributed by atoms with Gasteiger partial charge in [-0.2, -0.15) is 12.6 Å². The van der Waals surface area contributed by atoms with Crippen LogP contribution in [0.4, 0.5) is 0 Å². The number of unbranched alkanes of at least 4 members (excludes halogenated alkanes) is 1. The molecule has 0 aliphatic heterocycles. The number of rotatable bonds is 9. The molecule has 0 radical (unpaired) electrons. The molecule has 0 aromatic heterocycles. The van der Waals surface area contributed by atoms with Crippen LogP contribution in [0, 0.1) is 0 Å². The van der Waals surface area contributed by atoms with Crippen molar-refractivity contribution in [2.24, 2.45) is 0 Å². The van der Waals surface area contributed by atoms with Crippen LogP contribution in [0.1, 0.15) is 39.0 Å². The van der Waals surface area contributed by atoms with Gasteiger partial charge >= 0.3 is 11.9 Å². The van der Waals surface area contributed by atoms with Crippen LogP contribution in [0.5, 0.6) is 0 Å². The third-order valence-electron chi connectivity index (χ3n) is 1.83. The van der Waals surface area contributed by atoms with Crippen LogP contribution in [0.15, 0.2) is 0 Å². The SMILES string of the molecule is CCCC(=O)OCCCCOC(=O)CCS. The maximum absolute atomic E-state index is 11.0. The highest BCUT2D eigenvalue weighted by Gasteiger charge is 2.02. The molecule has 4 nitrogen and oxygen atoms in total. The lowest BCUT2D eigenvalue weighted by molar-refractivity contribution is -0.146. The van der Waals surface area contributed by atoms with Gasteiger partial charge in [-0.3, -0.25) is 9.59 Å². The zero-order chi connectivity index (χ0) is 12.2. The smallest absolute Gasteiger partial charge is 0.306 e. The van der Waals surface area contributed by atoms with Crippen molar-refractivity contribution in [2.45, 2.75) is 39.0 Å². The normalized spacial score (nSPS) is 9.88. The number of thiol groups is 1. The second-order valence-electron chi connectivity index (χ2n) is 3.37. The third kappa shape index (κ3) is 9.83. The van der Waals surface area contributed by atoms with Crippen molar-refractivity contribution < 1.29 is 19.1 Å². The van der Waals surface area contributed by atoms with E-state index in [1.54, 1.807) is 0 Å². The van der Waals surface area contributed by atoms with Crippen molar-refractivity contribution in [3.63, 3.8) is 0 Å². The monoisotopic (exact) mass is 248 g/mol. The first-order valence-electron chi connectivity index (χ1n) is 5.62. The van der Waals surface area contributed by atoms with Crippen LogP contribution in [-0.2, 0) is 19.1 Å². The predicted molar refractivity (Wildman–Crippen MR) is 64.5 cm³/mol. The number of ether oxygens (including phenoxy) is 2. The van der Waals surface area contributed by atoms with Crippen molar-refractivity contribution in [1.29, 1.82) is 0 Å². The average molecular weight is 248 g/mol. The fourth-order valence-electron chi connectivity index (χ4n) is 1.02. The largest absolute Gasteiger partial charge is 0.466 e. The lowest BCUT2D eigenvalue weighted by Crippen LogP contribution is -2.08. The minimum atomic E-state index is -0.224. The molecule has 0 unspecified atom stereocenters. The Kier molecular flexibility index (Phi) is 10.3. The molecule has 0 aromatic carbocycles. The average Bonchev–Trinajstić information content (AvgIpc) is 2.24. The van der Waals surface area contributed by atoms with Crippen LogP contribution in [0.3, 0.4) is 0 Å².